The first-order valence-electron chi connectivity index (χ1n) is 6.87. The molecule has 1 atom stereocenters. The zero-order chi connectivity index (χ0) is 13.2. The molecule has 3 nitrogen and oxygen atoms in total. The van der Waals surface area contributed by atoms with Gasteiger partial charge in [0.05, 0.1) is 6.61 Å². The van der Waals surface area contributed by atoms with Crippen LogP contribution in [0.1, 0.15) is 31.4 Å². The van der Waals surface area contributed by atoms with E-state index in [0.29, 0.717) is 6.04 Å². The van der Waals surface area contributed by atoms with E-state index in [1.165, 1.54) is 5.56 Å². The maximum atomic E-state index is 9.05. The van der Waals surface area contributed by atoms with Gasteiger partial charge in [-0.15, -0.1) is 0 Å². The van der Waals surface area contributed by atoms with E-state index in [4.69, 9.17) is 5.11 Å². The largest absolute Gasteiger partial charge is 0.395 e. The van der Waals surface area contributed by atoms with Crippen molar-refractivity contribution in [2.24, 2.45) is 0 Å². The van der Waals surface area contributed by atoms with E-state index in [1.807, 2.05) is 13.1 Å². The molecule has 0 aliphatic heterocycles. The van der Waals surface area contributed by atoms with Gasteiger partial charge in [-0.25, -0.2) is 0 Å². The van der Waals surface area contributed by atoms with Crippen LogP contribution in [0.3, 0.4) is 0 Å². The molecule has 0 aromatic heterocycles. The fourth-order valence-electron chi connectivity index (χ4n) is 2.27. The van der Waals surface area contributed by atoms with Crippen molar-refractivity contribution in [2.75, 3.05) is 33.3 Å². The quantitative estimate of drug-likeness (QED) is 0.704. The van der Waals surface area contributed by atoms with Crippen molar-refractivity contribution in [3.05, 3.63) is 35.9 Å². The smallest absolute Gasteiger partial charge is 0.0558 e. The summed E-state index contributed by atoms with van der Waals surface area (Å²) < 4.78 is 0. The van der Waals surface area contributed by atoms with Crippen LogP contribution in [0.15, 0.2) is 30.3 Å². The summed E-state index contributed by atoms with van der Waals surface area (Å²) in [5.74, 6) is 0. The van der Waals surface area contributed by atoms with Crippen LogP contribution in [0.25, 0.3) is 0 Å². The van der Waals surface area contributed by atoms with Gasteiger partial charge in [0, 0.05) is 19.1 Å². The predicted molar refractivity (Wildman–Crippen MR) is 76.7 cm³/mol. The van der Waals surface area contributed by atoms with Gasteiger partial charge in [-0.2, -0.15) is 0 Å². The highest BCUT2D eigenvalue weighted by Gasteiger charge is 2.11. The van der Waals surface area contributed by atoms with Crippen molar-refractivity contribution in [2.45, 2.75) is 25.8 Å². The Labute approximate surface area is 111 Å². The molecule has 0 saturated carbocycles. The summed E-state index contributed by atoms with van der Waals surface area (Å²) in [5, 5.41) is 12.4. The Morgan fingerprint density at radius 1 is 1.17 bits per heavy atom. The molecule has 0 radical (unpaired) electrons. The molecule has 0 heterocycles. The number of benzene rings is 1. The molecule has 0 saturated heterocycles. The highest BCUT2D eigenvalue weighted by atomic mass is 16.3. The molecule has 1 aromatic rings. The first-order chi connectivity index (χ1) is 8.81. The number of hydrogen-bond acceptors (Lipinski definition) is 3. The first-order valence-corrected chi connectivity index (χ1v) is 6.87. The maximum Gasteiger partial charge on any atom is 0.0558 e. The SMILES string of the molecule is CCCN(CCO)CCC(NC)c1ccccc1. The van der Waals surface area contributed by atoms with E-state index in [0.717, 1.165) is 32.5 Å². The predicted octanol–water partition coefficient (Wildman–Crippen LogP) is 2.04. The molecule has 1 aromatic carbocycles. The molecule has 102 valence electrons. The van der Waals surface area contributed by atoms with Gasteiger partial charge in [0.15, 0.2) is 0 Å². The van der Waals surface area contributed by atoms with E-state index >= 15 is 0 Å². The topological polar surface area (TPSA) is 35.5 Å². The number of hydrogen-bond donors (Lipinski definition) is 2. The van der Waals surface area contributed by atoms with Crippen molar-refractivity contribution >= 4 is 0 Å². The number of aliphatic hydroxyl groups excluding tert-OH is 1. The second kappa shape index (κ2) is 9.09. The summed E-state index contributed by atoms with van der Waals surface area (Å²) in [6, 6.07) is 10.9. The summed E-state index contributed by atoms with van der Waals surface area (Å²) in [5.41, 5.74) is 1.33. The van der Waals surface area contributed by atoms with E-state index < -0.39 is 0 Å². The zero-order valence-electron chi connectivity index (χ0n) is 11.6. The van der Waals surface area contributed by atoms with Crippen molar-refractivity contribution < 1.29 is 5.11 Å². The molecular formula is C15H26N2O. The third kappa shape index (κ3) is 5.17. The number of rotatable bonds is 9. The van der Waals surface area contributed by atoms with Gasteiger partial charge in [0.25, 0.3) is 0 Å². The van der Waals surface area contributed by atoms with Crippen LogP contribution in [0.4, 0.5) is 0 Å². The Bertz CT molecular complexity index is 297. The van der Waals surface area contributed by atoms with E-state index in [1.54, 1.807) is 0 Å². The van der Waals surface area contributed by atoms with Crippen molar-refractivity contribution in [3.63, 3.8) is 0 Å². The Balaban J connectivity index is 2.48. The Morgan fingerprint density at radius 2 is 1.89 bits per heavy atom. The molecular weight excluding hydrogens is 224 g/mol. The molecule has 0 aliphatic rings. The third-order valence-electron chi connectivity index (χ3n) is 3.24. The second-order valence-electron chi connectivity index (χ2n) is 4.61. The summed E-state index contributed by atoms with van der Waals surface area (Å²) in [4.78, 5) is 2.33. The van der Waals surface area contributed by atoms with Gasteiger partial charge in [0.1, 0.15) is 0 Å². The van der Waals surface area contributed by atoms with Crippen molar-refractivity contribution in [1.82, 2.24) is 10.2 Å². The van der Waals surface area contributed by atoms with Gasteiger partial charge in [-0.3, -0.25) is 0 Å². The zero-order valence-corrected chi connectivity index (χ0v) is 11.6. The van der Waals surface area contributed by atoms with Crippen LogP contribution in [-0.2, 0) is 0 Å². The maximum absolute atomic E-state index is 9.05. The van der Waals surface area contributed by atoms with Gasteiger partial charge >= 0.3 is 0 Å². The summed E-state index contributed by atoms with van der Waals surface area (Å²) in [6.07, 6.45) is 2.20. The lowest BCUT2D eigenvalue weighted by atomic mass is 10.0. The minimum absolute atomic E-state index is 0.246. The standard InChI is InChI=1S/C15H26N2O/c1-3-10-17(12-13-18)11-9-15(16-2)14-7-5-4-6-8-14/h4-8,15-16,18H,3,9-13H2,1-2H3. The molecule has 18 heavy (non-hydrogen) atoms. The van der Waals surface area contributed by atoms with Crippen LogP contribution in [0.2, 0.25) is 0 Å². The van der Waals surface area contributed by atoms with Crippen molar-refractivity contribution in [1.29, 1.82) is 0 Å². The fourth-order valence-corrected chi connectivity index (χ4v) is 2.27. The lowest BCUT2D eigenvalue weighted by Gasteiger charge is -2.24. The van der Waals surface area contributed by atoms with Crippen LogP contribution in [0.5, 0.6) is 0 Å². The van der Waals surface area contributed by atoms with Crippen LogP contribution in [-0.4, -0.2) is 43.3 Å². The minimum Gasteiger partial charge on any atom is -0.395 e. The van der Waals surface area contributed by atoms with E-state index in [-0.39, 0.29) is 6.61 Å². The first kappa shape index (κ1) is 15.2. The lowest BCUT2D eigenvalue weighted by Crippen LogP contribution is -2.31. The summed E-state index contributed by atoms with van der Waals surface area (Å²) in [7, 11) is 2.01. The third-order valence-corrected chi connectivity index (χ3v) is 3.24. The molecule has 0 fully saturated rings. The van der Waals surface area contributed by atoms with Crippen LogP contribution >= 0.6 is 0 Å². The van der Waals surface area contributed by atoms with Crippen molar-refractivity contribution in [3.8, 4) is 0 Å². The number of nitrogens with one attached hydrogen (secondary N) is 1. The lowest BCUT2D eigenvalue weighted by molar-refractivity contribution is 0.190. The van der Waals surface area contributed by atoms with E-state index in [9.17, 15) is 0 Å². The van der Waals surface area contributed by atoms with E-state index in [2.05, 4.69) is 41.4 Å². The van der Waals surface area contributed by atoms with Crippen LogP contribution in [0, 0.1) is 0 Å². The molecule has 3 heteroatoms. The van der Waals surface area contributed by atoms with Gasteiger partial charge in [0.2, 0.25) is 0 Å². The summed E-state index contributed by atoms with van der Waals surface area (Å²) in [6.45, 7) is 5.28. The highest BCUT2D eigenvalue weighted by Crippen LogP contribution is 2.16. The fraction of sp³-hybridized carbons (Fsp3) is 0.600. The molecule has 1 unspecified atom stereocenters. The number of nitrogens with zero attached hydrogens (tertiary/aromatic N) is 1. The highest BCUT2D eigenvalue weighted by molar-refractivity contribution is 5.18. The van der Waals surface area contributed by atoms with Gasteiger partial charge in [-0.05, 0) is 32.0 Å². The molecule has 0 spiro atoms. The molecule has 0 amide bonds. The normalized spacial score (nSPS) is 12.9. The molecule has 2 N–H and O–H groups in total. The summed E-state index contributed by atoms with van der Waals surface area (Å²) >= 11 is 0. The Kier molecular flexibility index (Phi) is 7.65. The second-order valence-corrected chi connectivity index (χ2v) is 4.61. The van der Waals surface area contributed by atoms with Gasteiger partial charge < -0.3 is 15.3 Å². The average molecular weight is 250 g/mol. The molecule has 0 bridgehead atoms. The number of aliphatic hydroxyl groups is 1. The minimum atomic E-state index is 0.246. The average Bonchev–Trinajstić information content (AvgIpc) is 2.41. The Morgan fingerprint density at radius 3 is 2.44 bits per heavy atom. The van der Waals surface area contributed by atoms with Crippen LogP contribution < -0.4 is 5.32 Å². The molecule has 1 rings (SSSR count). The monoisotopic (exact) mass is 250 g/mol. The van der Waals surface area contributed by atoms with Gasteiger partial charge in [-0.1, -0.05) is 37.3 Å². The molecule has 0 aliphatic carbocycles. The Hall–Kier alpha value is -0.900.